The SMILES string of the molecule is CSc1cc(C)[nH]c(=O)c1CNC(=O)c1cc(-c2cnc(N3CCSCC3)nc2)c2c(c1C)OC(C)(C1CCN(CC(F)(F)F)CC1)O2. The minimum Gasteiger partial charge on any atom is -0.448 e. The molecule has 0 aliphatic carbocycles. The Morgan fingerprint density at radius 2 is 1.77 bits per heavy atom. The van der Waals surface area contributed by atoms with Gasteiger partial charge in [-0.1, -0.05) is 0 Å². The number of nitrogens with one attached hydrogen (secondary N) is 2. The smallest absolute Gasteiger partial charge is 0.401 e. The van der Waals surface area contributed by atoms with E-state index < -0.39 is 24.4 Å². The van der Waals surface area contributed by atoms with Crippen molar-refractivity contribution in [2.45, 2.75) is 57.0 Å². The van der Waals surface area contributed by atoms with Gasteiger partial charge in [-0.15, -0.1) is 11.8 Å². The van der Waals surface area contributed by atoms with E-state index in [1.807, 2.05) is 37.9 Å². The lowest BCUT2D eigenvalue weighted by Gasteiger charge is -2.39. The number of carbonyl (C=O) groups excluding carboxylic acids is 1. The van der Waals surface area contributed by atoms with Crippen LogP contribution in [0.4, 0.5) is 19.1 Å². The Kier molecular flexibility index (Phi) is 9.92. The molecular formula is C33H39F3N6O4S2. The zero-order chi connectivity index (χ0) is 34.2. The Morgan fingerprint density at radius 1 is 1.10 bits per heavy atom. The van der Waals surface area contributed by atoms with Crippen LogP contribution < -0.4 is 25.2 Å². The van der Waals surface area contributed by atoms with Gasteiger partial charge < -0.3 is 24.7 Å². The number of piperidine rings is 1. The van der Waals surface area contributed by atoms with Gasteiger partial charge in [0.15, 0.2) is 11.5 Å². The number of pyridine rings is 1. The van der Waals surface area contributed by atoms with Gasteiger partial charge in [0.05, 0.1) is 6.54 Å². The van der Waals surface area contributed by atoms with E-state index in [2.05, 4.69) is 25.2 Å². The largest absolute Gasteiger partial charge is 0.448 e. The maximum absolute atomic E-state index is 13.8. The van der Waals surface area contributed by atoms with Crippen LogP contribution in [0.15, 0.2) is 34.2 Å². The Bertz CT molecular complexity index is 1720. The van der Waals surface area contributed by atoms with Crippen molar-refractivity contribution in [3.05, 3.63) is 57.3 Å². The van der Waals surface area contributed by atoms with Crippen LogP contribution in [0.3, 0.4) is 0 Å². The van der Waals surface area contributed by atoms with E-state index in [0.717, 1.165) is 35.2 Å². The zero-order valence-electron chi connectivity index (χ0n) is 27.3. The van der Waals surface area contributed by atoms with Crippen LogP contribution in [0.5, 0.6) is 11.5 Å². The average Bonchev–Trinajstić information content (AvgIpc) is 3.43. The number of carbonyl (C=O) groups is 1. The first-order chi connectivity index (χ1) is 22.8. The summed E-state index contributed by atoms with van der Waals surface area (Å²) in [6, 6.07) is 3.60. The highest BCUT2D eigenvalue weighted by Crippen LogP contribution is 2.52. The summed E-state index contributed by atoms with van der Waals surface area (Å²) in [6.07, 6.45) is 1.95. The first-order valence-corrected chi connectivity index (χ1v) is 18.3. The van der Waals surface area contributed by atoms with Crippen molar-refractivity contribution >= 4 is 35.4 Å². The summed E-state index contributed by atoms with van der Waals surface area (Å²) < 4.78 is 52.3. The number of ether oxygens (including phenoxy) is 2. The van der Waals surface area contributed by atoms with Gasteiger partial charge in [-0.05, 0) is 58.2 Å². The molecule has 1 unspecified atom stereocenters. The number of hydrogen-bond donors (Lipinski definition) is 2. The number of amides is 1. The molecule has 0 bridgehead atoms. The highest BCUT2D eigenvalue weighted by Gasteiger charge is 2.48. The molecule has 6 rings (SSSR count). The van der Waals surface area contributed by atoms with E-state index in [9.17, 15) is 22.8 Å². The molecule has 0 saturated carbocycles. The van der Waals surface area contributed by atoms with E-state index in [-0.39, 0.29) is 31.1 Å². The Balaban J connectivity index is 1.31. The van der Waals surface area contributed by atoms with Crippen LogP contribution in [-0.4, -0.2) is 88.2 Å². The number of thioether (sulfide) groups is 2. The number of nitrogens with zero attached hydrogens (tertiary/aromatic N) is 4. The molecule has 1 atom stereocenters. The number of aryl methyl sites for hydroxylation is 1. The topological polar surface area (TPSA) is 113 Å². The summed E-state index contributed by atoms with van der Waals surface area (Å²) in [4.78, 5) is 43.0. The predicted molar refractivity (Wildman–Crippen MR) is 181 cm³/mol. The van der Waals surface area contributed by atoms with Crippen LogP contribution in [0.25, 0.3) is 11.1 Å². The Hall–Kier alpha value is -3.43. The number of aromatic nitrogens is 3. The number of likely N-dealkylation sites (tertiary alicyclic amines) is 1. The first-order valence-electron chi connectivity index (χ1n) is 15.9. The molecule has 2 N–H and O–H groups in total. The Labute approximate surface area is 285 Å². The number of fused-ring (bicyclic) bond motifs is 1. The lowest BCUT2D eigenvalue weighted by molar-refractivity contribution is -0.159. The molecule has 2 fully saturated rings. The number of halogens is 3. The number of rotatable bonds is 8. The maximum atomic E-state index is 13.8. The fraction of sp³-hybridized carbons (Fsp3) is 0.515. The van der Waals surface area contributed by atoms with Gasteiger partial charge >= 0.3 is 6.18 Å². The third-order valence-electron chi connectivity index (χ3n) is 9.19. The van der Waals surface area contributed by atoms with Crippen molar-refractivity contribution in [2.75, 3.05) is 55.4 Å². The van der Waals surface area contributed by atoms with Crippen LogP contribution in [-0.2, 0) is 6.54 Å². The first kappa shape index (κ1) is 34.4. The van der Waals surface area contributed by atoms with E-state index in [1.54, 1.807) is 25.4 Å². The second kappa shape index (κ2) is 13.8. The summed E-state index contributed by atoms with van der Waals surface area (Å²) in [5, 5.41) is 2.91. The maximum Gasteiger partial charge on any atom is 0.401 e. The van der Waals surface area contributed by atoms with Crippen molar-refractivity contribution in [1.82, 2.24) is 25.2 Å². The summed E-state index contributed by atoms with van der Waals surface area (Å²) in [5.74, 6) is 1.72. The lowest BCUT2D eigenvalue weighted by atomic mass is 9.89. The van der Waals surface area contributed by atoms with Gasteiger partial charge in [-0.2, -0.15) is 24.9 Å². The molecule has 1 amide bonds. The van der Waals surface area contributed by atoms with Crippen molar-refractivity contribution in [3.8, 4) is 22.6 Å². The molecule has 48 heavy (non-hydrogen) atoms. The molecule has 10 nitrogen and oxygen atoms in total. The van der Waals surface area contributed by atoms with Gasteiger partial charge in [-0.25, -0.2) is 9.97 Å². The van der Waals surface area contributed by atoms with Gasteiger partial charge in [0.1, 0.15) is 0 Å². The molecule has 3 aliphatic rings. The number of aromatic amines is 1. The summed E-state index contributed by atoms with van der Waals surface area (Å²) in [6.45, 7) is 6.71. The van der Waals surface area contributed by atoms with Crippen LogP contribution >= 0.6 is 23.5 Å². The molecule has 258 valence electrons. The fourth-order valence-electron chi connectivity index (χ4n) is 6.56. The summed E-state index contributed by atoms with van der Waals surface area (Å²) >= 11 is 3.33. The average molecular weight is 705 g/mol. The molecule has 3 aliphatic heterocycles. The third kappa shape index (κ3) is 7.27. The lowest BCUT2D eigenvalue weighted by Crippen LogP contribution is -2.49. The van der Waals surface area contributed by atoms with Crippen LogP contribution in [0.1, 0.15) is 46.9 Å². The third-order valence-corrected chi connectivity index (χ3v) is 10.9. The number of alkyl halides is 3. The summed E-state index contributed by atoms with van der Waals surface area (Å²) in [7, 11) is 0. The van der Waals surface area contributed by atoms with Crippen molar-refractivity contribution < 1.29 is 27.4 Å². The molecular weight excluding hydrogens is 666 g/mol. The minimum absolute atomic E-state index is 0.0218. The number of hydrogen-bond acceptors (Lipinski definition) is 10. The Morgan fingerprint density at radius 3 is 2.42 bits per heavy atom. The van der Waals surface area contributed by atoms with Crippen LogP contribution in [0.2, 0.25) is 0 Å². The molecule has 15 heteroatoms. The van der Waals surface area contributed by atoms with Gasteiger partial charge in [0, 0.05) is 94.8 Å². The molecule has 2 aromatic heterocycles. The normalized spacial score (nSPS) is 20.3. The zero-order valence-corrected chi connectivity index (χ0v) is 29.0. The number of H-pyrrole nitrogens is 1. The van der Waals surface area contributed by atoms with Crippen molar-refractivity contribution in [3.63, 3.8) is 0 Å². The van der Waals surface area contributed by atoms with Gasteiger partial charge in [0.25, 0.3) is 17.3 Å². The molecule has 2 saturated heterocycles. The molecule has 3 aromatic rings. The van der Waals surface area contributed by atoms with Gasteiger partial charge in [-0.3, -0.25) is 14.5 Å². The highest BCUT2D eigenvalue weighted by molar-refractivity contribution is 7.99. The highest BCUT2D eigenvalue weighted by atomic mass is 32.2. The summed E-state index contributed by atoms with van der Waals surface area (Å²) in [5.41, 5.74) is 3.02. The predicted octanol–water partition coefficient (Wildman–Crippen LogP) is 5.42. The molecule has 0 radical (unpaired) electrons. The van der Waals surface area contributed by atoms with E-state index in [4.69, 9.17) is 9.47 Å². The van der Waals surface area contributed by atoms with E-state index >= 15 is 0 Å². The van der Waals surface area contributed by atoms with Crippen molar-refractivity contribution in [2.24, 2.45) is 5.92 Å². The standard InChI is InChI=1S/C33H39F3N6O4S2/c1-19-13-26(47-4)25(30(44)40-19)17-37-29(43)23-14-24(21-15-38-31(39-16-21)42-9-11-48-12-10-42)28-27(20(23)2)45-32(3,46-28)22-5-7-41(8-6-22)18-33(34,35)36/h13-16,22H,5-12,17-18H2,1-4H3,(H,37,43)(H,40,44). The minimum atomic E-state index is -4.26. The second-order valence-electron chi connectivity index (χ2n) is 12.5. The van der Waals surface area contributed by atoms with E-state index in [1.165, 1.54) is 16.7 Å². The molecule has 1 aromatic carbocycles. The molecule has 5 heterocycles. The van der Waals surface area contributed by atoms with Crippen molar-refractivity contribution in [1.29, 1.82) is 0 Å². The fourth-order valence-corrected chi connectivity index (χ4v) is 8.16. The van der Waals surface area contributed by atoms with Gasteiger partial charge in [0.2, 0.25) is 5.95 Å². The molecule has 0 spiro atoms. The second-order valence-corrected chi connectivity index (χ2v) is 14.6. The monoisotopic (exact) mass is 704 g/mol. The van der Waals surface area contributed by atoms with Crippen LogP contribution in [0, 0.1) is 19.8 Å². The number of benzene rings is 1. The van der Waals surface area contributed by atoms with E-state index in [0.29, 0.717) is 58.1 Å². The quantitative estimate of drug-likeness (QED) is 0.295. The number of anilines is 1.